The van der Waals surface area contributed by atoms with Gasteiger partial charge in [0.2, 0.25) is 47.7 Å². The Bertz CT molecular complexity index is 2890. The lowest BCUT2D eigenvalue weighted by Crippen LogP contribution is -3.00. The first-order valence-corrected chi connectivity index (χ1v) is 24.3. The number of nitrogens with zero attached hydrogens (tertiary/aromatic N) is 6. The molecular formula is C47H50Br3N7O8S4. The van der Waals surface area contributed by atoms with E-state index in [-0.39, 0.29) is 113 Å². The number of thiazole rings is 4. The van der Waals surface area contributed by atoms with E-state index in [4.69, 9.17) is 18.9 Å². The summed E-state index contributed by atoms with van der Waals surface area (Å²) >= 11 is 6.09. The van der Waals surface area contributed by atoms with E-state index in [0.29, 0.717) is 41.0 Å². The van der Waals surface area contributed by atoms with E-state index < -0.39 is 0 Å². The van der Waals surface area contributed by atoms with Gasteiger partial charge in [-0.1, -0.05) is 105 Å². The van der Waals surface area contributed by atoms with Crippen LogP contribution >= 0.6 is 45.3 Å². The topological polar surface area (TPSA) is 186 Å². The second kappa shape index (κ2) is 28.7. The minimum absolute atomic E-state index is 0. The lowest BCUT2D eigenvalue weighted by atomic mass is 10.1. The fraction of sp³-hybridized carbons (Fsp3) is 0.277. The maximum atomic E-state index is 12.4. The number of Topliss-reactive ketones (excluding diaryl/α,β-unsaturated/α-hetero) is 2. The van der Waals surface area contributed by atoms with E-state index in [9.17, 15) is 19.2 Å². The van der Waals surface area contributed by atoms with Crippen molar-refractivity contribution in [3.63, 3.8) is 0 Å². The zero-order valence-electron chi connectivity index (χ0n) is 38.4. The molecule has 0 bridgehead atoms. The van der Waals surface area contributed by atoms with Crippen molar-refractivity contribution in [1.82, 2.24) is 15.3 Å². The quantitative estimate of drug-likeness (QED) is 0.0651. The largest absolute Gasteiger partial charge is 1.00 e. The summed E-state index contributed by atoms with van der Waals surface area (Å²) < 4.78 is 21.0. The van der Waals surface area contributed by atoms with Gasteiger partial charge in [-0.15, -0.1) is 11.3 Å². The molecule has 0 aliphatic carbocycles. The van der Waals surface area contributed by atoms with Crippen LogP contribution in [0.2, 0.25) is 0 Å². The van der Waals surface area contributed by atoms with Gasteiger partial charge in [0, 0.05) is 62.4 Å². The molecule has 22 heteroatoms. The Balaban J connectivity index is 0.000000268. The average molecular weight is 1210 g/mol. The molecule has 0 saturated carbocycles. The zero-order valence-corrected chi connectivity index (χ0v) is 46.5. The lowest BCUT2D eigenvalue weighted by Gasteiger charge is -1.99. The first-order chi connectivity index (χ1) is 31.8. The lowest BCUT2D eigenvalue weighted by molar-refractivity contribution is -0.685. The van der Waals surface area contributed by atoms with Gasteiger partial charge in [0.15, 0.2) is 22.2 Å². The Hall–Kier alpha value is -4.94. The number of carbonyl (C=O) groups excluding carboxylic acids is 4. The molecule has 366 valence electrons. The van der Waals surface area contributed by atoms with E-state index in [2.05, 4.69) is 20.6 Å². The first-order valence-electron chi connectivity index (χ1n) is 20.8. The number of carbonyl (C=O) groups is 4. The molecule has 0 atom stereocenters. The number of aliphatic hydroxyl groups is 1. The van der Waals surface area contributed by atoms with Crippen LogP contribution < -0.4 is 70.0 Å². The molecule has 8 aromatic rings. The number of rotatable bonds is 16. The summed E-state index contributed by atoms with van der Waals surface area (Å²) in [6.45, 7) is 13.0. The third-order valence-electron chi connectivity index (χ3n) is 10.2. The fourth-order valence-corrected chi connectivity index (χ4v) is 9.49. The predicted octanol–water partition coefficient (Wildman–Crippen LogP) is -1.53. The molecule has 1 amide bonds. The van der Waals surface area contributed by atoms with Gasteiger partial charge in [0.05, 0.1) is 33.4 Å². The van der Waals surface area contributed by atoms with Crippen LogP contribution in [0.3, 0.4) is 0 Å². The number of nitrogens with one attached hydrogen (secondary N) is 1. The van der Waals surface area contributed by atoms with Gasteiger partial charge in [0.1, 0.15) is 11.4 Å². The highest BCUT2D eigenvalue weighted by molar-refractivity contribution is 7.14. The monoisotopic (exact) mass is 1210 g/mol. The third-order valence-corrected chi connectivity index (χ3v) is 14.1. The van der Waals surface area contributed by atoms with Crippen LogP contribution in [0.1, 0.15) is 65.4 Å². The number of aromatic nitrogens is 6. The Labute approximate surface area is 447 Å². The molecule has 2 aromatic carbocycles. The summed E-state index contributed by atoms with van der Waals surface area (Å²) in [5, 5.41) is 22.0. The van der Waals surface area contributed by atoms with Gasteiger partial charge < -0.3 is 69.8 Å². The van der Waals surface area contributed by atoms with Crippen molar-refractivity contribution in [3.8, 4) is 22.5 Å². The molecule has 6 heterocycles. The number of esters is 1. The van der Waals surface area contributed by atoms with Crippen molar-refractivity contribution in [1.29, 1.82) is 0 Å². The molecule has 69 heavy (non-hydrogen) atoms. The van der Waals surface area contributed by atoms with Gasteiger partial charge in [-0.3, -0.25) is 24.5 Å². The van der Waals surface area contributed by atoms with Crippen LogP contribution in [0.5, 0.6) is 0 Å². The molecule has 8 rings (SSSR count). The standard InChI is InChI=1S/C17H17N2O3S.C16H15N2O2S.C14H17N3O3S2.3BrH/c1-12-17(7-8-20)23-11-19(12)10-15(21)16-9-14(18-22-16)13-5-3-2-4-6-13;1-11-12(2)21-10-18(11)9-15(19)16-8-14(17-20-16)13-6-4-3-5-7-13;1-4-20-13(19)5-11-7-21-14(15-11)16-12(18)6-17-8-22-10(3)9(17)2;;;/h2-6,9,11,20H,7-8,10H2,1H3;3-8,10H,9H2,1-2H3;7-8H,4-6H2,1-3H3;3*1H/q2*+1;;;;/p-2. The smallest absolute Gasteiger partial charge is 0.311 e. The number of amides is 1. The normalized spacial score (nSPS) is 10.2. The summed E-state index contributed by atoms with van der Waals surface area (Å²) in [5.74, 6) is -0.0967. The number of ether oxygens (including phenoxy) is 1. The Morgan fingerprint density at radius 3 is 1.61 bits per heavy atom. The van der Waals surface area contributed by atoms with Crippen molar-refractivity contribution in [3.05, 3.63) is 144 Å². The van der Waals surface area contributed by atoms with Gasteiger partial charge >= 0.3 is 5.97 Å². The molecule has 0 saturated heterocycles. The molecule has 2 N–H and O–H groups in total. The van der Waals surface area contributed by atoms with Crippen LogP contribution in [-0.2, 0) is 46.8 Å². The summed E-state index contributed by atoms with van der Waals surface area (Å²) in [4.78, 5) is 55.8. The SMILES string of the molecule is CCOC(=O)Cc1csc(NC(=O)C[n+]2csc(C)c2C)n1.Cc1c(CCO)sc[n+]1CC(=O)c1cc(-c2ccccc2)no1.Cc1sc[n+](CC(=O)c2cc(-c3ccccc3)no2)c1C.[Br-].[Br-].[Br-]. The van der Waals surface area contributed by atoms with Crippen molar-refractivity contribution < 1.29 is 103 Å². The summed E-state index contributed by atoms with van der Waals surface area (Å²) in [7, 11) is 0. The molecule has 0 aliphatic rings. The number of hydrogen-bond donors (Lipinski definition) is 2. The van der Waals surface area contributed by atoms with Crippen LogP contribution in [0.25, 0.3) is 22.5 Å². The van der Waals surface area contributed by atoms with Crippen molar-refractivity contribution in [2.75, 3.05) is 18.5 Å². The second-order valence-corrected chi connectivity index (χ2v) is 18.6. The molecule has 0 unspecified atom stereocenters. The van der Waals surface area contributed by atoms with Crippen molar-refractivity contribution >= 4 is 73.9 Å². The zero-order chi connectivity index (χ0) is 47.2. The predicted molar refractivity (Wildman–Crippen MR) is 252 cm³/mol. The first kappa shape index (κ1) is 58.4. The Kier molecular flexibility index (Phi) is 24.2. The minimum atomic E-state index is -0.314. The number of halogens is 3. The molecule has 0 spiro atoms. The third kappa shape index (κ3) is 16.6. The second-order valence-electron chi connectivity index (χ2n) is 14.7. The Morgan fingerprint density at radius 2 is 1.14 bits per heavy atom. The molecule has 0 aliphatic heterocycles. The number of benzene rings is 2. The van der Waals surface area contributed by atoms with Crippen molar-refractivity contribution in [2.45, 2.75) is 74.0 Å². The summed E-state index contributed by atoms with van der Waals surface area (Å²) in [6, 6.07) is 22.6. The summed E-state index contributed by atoms with van der Waals surface area (Å²) in [6.07, 6.45) is 0.732. The van der Waals surface area contributed by atoms with E-state index in [1.165, 1.54) is 21.1 Å². The van der Waals surface area contributed by atoms with Gasteiger partial charge in [-0.25, -0.2) is 4.98 Å². The highest BCUT2D eigenvalue weighted by Crippen LogP contribution is 2.21. The van der Waals surface area contributed by atoms with Gasteiger partial charge in [0.25, 0.3) is 17.5 Å². The van der Waals surface area contributed by atoms with Crippen molar-refractivity contribution in [2.24, 2.45) is 0 Å². The van der Waals surface area contributed by atoms with E-state index in [1.807, 2.05) is 126 Å². The number of ketones is 2. The molecular weight excluding hydrogens is 1160 g/mol. The van der Waals surface area contributed by atoms with Crippen LogP contribution in [0.4, 0.5) is 5.13 Å². The van der Waals surface area contributed by atoms with Crippen LogP contribution in [0.15, 0.2) is 104 Å². The number of anilines is 1. The van der Waals surface area contributed by atoms with Gasteiger partial charge in [-0.05, 0) is 20.8 Å². The van der Waals surface area contributed by atoms with E-state index >= 15 is 0 Å². The van der Waals surface area contributed by atoms with Gasteiger partial charge in [-0.2, -0.15) is 13.7 Å². The van der Waals surface area contributed by atoms with E-state index in [0.717, 1.165) is 33.1 Å². The molecule has 6 aromatic heterocycles. The van der Waals surface area contributed by atoms with Crippen LogP contribution in [0, 0.1) is 34.6 Å². The molecule has 0 fully saturated rings. The maximum absolute atomic E-state index is 12.4. The van der Waals surface area contributed by atoms with Crippen LogP contribution in [-0.4, -0.2) is 57.1 Å². The highest BCUT2D eigenvalue weighted by Gasteiger charge is 2.24. The summed E-state index contributed by atoms with van der Waals surface area (Å²) in [5.41, 5.74) is 12.8. The number of aryl methyl sites for hydroxylation is 2. The number of aliphatic hydroxyl groups excluding tert-OH is 1. The number of hydrogen-bond acceptors (Lipinski definition) is 15. The Morgan fingerprint density at radius 1 is 0.667 bits per heavy atom. The average Bonchev–Trinajstić information content (AvgIpc) is 4.21. The highest BCUT2D eigenvalue weighted by atomic mass is 79.9. The minimum Gasteiger partial charge on any atom is -1.00 e. The van der Waals surface area contributed by atoms with E-state index in [1.54, 1.807) is 58.4 Å². The molecule has 0 radical (unpaired) electrons. The fourth-order valence-electron chi connectivity index (χ4n) is 6.17. The maximum Gasteiger partial charge on any atom is 0.311 e. The molecule has 15 nitrogen and oxygen atoms in total.